The lowest BCUT2D eigenvalue weighted by atomic mass is 10.2. The third-order valence-corrected chi connectivity index (χ3v) is 5.78. The van der Waals surface area contributed by atoms with Gasteiger partial charge in [0.25, 0.3) is 0 Å². The van der Waals surface area contributed by atoms with Crippen molar-refractivity contribution < 1.29 is 8.42 Å². The zero-order valence-corrected chi connectivity index (χ0v) is 12.0. The Morgan fingerprint density at radius 3 is 2.67 bits per heavy atom. The molecule has 0 spiro atoms. The molecule has 0 bridgehead atoms. The van der Waals surface area contributed by atoms with Crippen molar-refractivity contribution in [2.75, 3.05) is 13.1 Å². The van der Waals surface area contributed by atoms with Crippen LogP contribution in [-0.4, -0.2) is 31.9 Å². The van der Waals surface area contributed by atoms with Gasteiger partial charge in [-0.05, 0) is 31.0 Å². The summed E-state index contributed by atoms with van der Waals surface area (Å²) in [5.41, 5.74) is 5.60. The molecule has 1 aromatic carbocycles. The predicted molar refractivity (Wildman–Crippen MR) is 72.4 cm³/mol. The molecule has 1 atom stereocenters. The lowest BCUT2D eigenvalue weighted by molar-refractivity contribution is 0.393. The van der Waals surface area contributed by atoms with Crippen LogP contribution in [0.5, 0.6) is 0 Å². The molecule has 2 N–H and O–H groups in total. The van der Waals surface area contributed by atoms with Gasteiger partial charge in [-0.15, -0.1) is 0 Å². The van der Waals surface area contributed by atoms with E-state index in [4.69, 9.17) is 28.9 Å². The molecule has 1 aliphatic rings. The zero-order chi connectivity index (χ0) is 13.3. The number of hydrogen-bond acceptors (Lipinski definition) is 3. The van der Waals surface area contributed by atoms with Gasteiger partial charge in [-0.1, -0.05) is 23.2 Å². The van der Waals surface area contributed by atoms with Crippen molar-refractivity contribution in [1.29, 1.82) is 0 Å². The molecular weight excluding hydrogens is 295 g/mol. The second-order valence-corrected chi connectivity index (χ2v) is 6.93. The van der Waals surface area contributed by atoms with Crippen molar-refractivity contribution in [2.24, 2.45) is 5.73 Å². The van der Waals surface area contributed by atoms with Gasteiger partial charge in [0.05, 0.1) is 14.9 Å². The van der Waals surface area contributed by atoms with Crippen LogP contribution in [0.1, 0.15) is 12.8 Å². The highest BCUT2D eigenvalue weighted by Gasteiger charge is 2.34. The summed E-state index contributed by atoms with van der Waals surface area (Å²) in [6.45, 7) is 0.838. The van der Waals surface area contributed by atoms with Crippen molar-refractivity contribution in [1.82, 2.24) is 4.31 Å². The molecule has 2 rings (SSSR count). The summed E-state index contributed by atoms with van der Waals surface area (Å²) >= 11 is 11.6. The first-order chi connectivity index (χ1) is 8.46. The summed E-state index contributed by atoms with van der Waals surface area (Å²) in [6.07, 6.45) is 1.64. The molecule has 0 radical (unpaired) electrons. The van der Waals surface area contributed by atoms with Crippen LogP contribution in [0.2, 0.25) is 10.0 Å². The second-order valence-electron chi connectivity index (χ2n) is 4.22. The number of halogens is 2. The lowest BCUT2D eigenvalue weighted by Gasteiger charge is -2.22. The van der Waals surface area contributed by atoms with Crippen LogP contribution in [-0.2, 0) is 10.0 Å². The van der Waals surface area contributed by atoms with Crippen molar-refractivity contribution in [3.05, 3.63) is 28.2 Å². The molecule has 0 saturated carbocycles. The highest BCUT2D eigenvalue weighted by molar-refractivity contribution is 7.89. The largest absolute Gasteiger partial charge is 0.329 e. The molecular formula is C11H14Cl2N2O2S. The summed E-state index contributed by atoms with van der Waals surface area (Å²) in [6, 6.07) is 4.22. The van der Waals surface area contributed by atoms with Gasteiger partial charge in [0, 0.05) is 19.1 Å². The number of hydrogen-bond donors (Lipinski definition) is 1. The summed E-state index contributed by atoms with van der Waals surface area (Å²) < 4.78 is 26.3. The van der Waals surface area contributed by atoms with Gasteiger partial charge in [-0.2, -0.15) is 4.31 Å². The minimum Gasteiger partial charge on any atom is -0.329 e. The third-order valence-electron chi connectivity index (χ3n) is 3.09. The molecule has 0 unspecified atom stereocenters. The summed E-state index contributed by atoms with van der Waals surface area (Å²) in [5, 5.41) is 0.577. The molecule has 100 valence electrons. The van der Waals surface area contributed by atoms with Gasteiger partial charge < -0.3 is 5.73 Å². The van der Waals surface area contributed by atoms with Gasteiger partial charge in [-0.25, -0.2) is 8.42 Å². The Kier molecular flexibility index (Phi) is 4.18. The Bertz CT molecular complexity index is 548. The molecule has 1 fully saturated rings. The van der Waals surface area contributed by atoms with E-state index in [0.717, 1.165) is 12.8 Å². The van der Waals surface area contributed by atoms with Crippen LogP contribution >= 0.6 is 23.2 Å². The van der Waals surface area contributed by atoms with E-state index in [1.165, 1.54) is 22.5 Å². The van der Waals surface area contributed by atoms with Gasteiger partial charge >= 0.3 is 0 Å². The molecule has 1 heterocycles. The number of nitrogens with zero attached hydrogens (tertiary/aromatic N) is 1. The topological polar surface area (TPSA) is 63.4 Å². The zero-order valence-electron chi connectivity index (χ0n) is 9.64. The van der Waals surface area contributed by atoms with E-state index in [1.807, 2.05) is 0 Å². The van der Waals surface area contributed by atoms with Crippen LogP contribution in [0.3, 0.4) is 0 Å². The highest BCUT2D eigenvalue weighted by atomic mass is 35.5. The molecule has 0 aromatic heterocycles. The third kappa shape index (κ3) is 2.51. The maximum Gasteiger partial charge on any atom is 0.243 e. The van der Waals surface area contributed by atoms with E-state index in [2.05, 4.69) is 0 Å². The fourth-order valence-corrected chi connectivity index (χ4v) is 4.23. The Hall–Kier alpha value is -0.330. The lowest BCUT2D eigenvalue weighted by Crippen LogP contribution is -2.39. The number of sulfonamides is 1. The summed E-state index contributed by atoms with van der Waals surface area (Å²) in [5.74, 6) is 0. The maximum absolute atomic E-state index is 12.4. The second kappa shape index (κ2) is 5.35. The molecule has 1 aliphatic heterocycles. The van der Waals surface area contributed by atoms with E-state index in [1.54, 1.807) is 0 Å². The molecule has 0 amide bonds. The van der Waals surface area contributed by atoms with Crippen LogP contribution in [0, 0.1) is 0 Å². The van der Waals surface area contributed by atoms with Crippen LogP contribution in [0.25, 0.3) is 0 Å². The van der Waals surface area contributed by atoms with Crippen LogP contribution < -0.4 is 5.73 Å². The number of rotatable bonds is 3. The number of benzene rings is 1. The van der Waals surface area contributed by atoms with Gasteiger partial charge in [0.2, 0.25) is 10.0 Å². The molecule has 4 nitrogen and oxygen atoms in total. The average molecular weight is 309 g/mol. The van der Waals surface area contributed by atoms with Crippen molar-refractivity contribution >= 4 is 33.2 Å². The van der Waals surface area contributed by atoms with Crippen molar-refractivity contribution in [3.8, 4) is 0 Å². The fourth-order valence-electron chi connectivity index (χ4n) is 2.13. The first kappa shape index (κ1) is 14.1. The fraction of sp³-hybridized carbons (Fsp3) is 0.455. The van der Waals surface area contributed by atoms with Crippen LogP contribution in [0.4, 0.5) is 0 Å². The Balaban J connectivity index is 2.38. The predicted octanol–water partition coefficient (Wildman–Crippen LogP) is 2.11. The van der Waals surface area contributed by atoms with Gasteiger partial charge in [0.15, 0.2) is 0 Å². The summed E-state index contributed by atoms with van der Waals surface area (Å²) in [4.78, 5) is 0.164. The van der Waals surface area contributed by atoms with E-state index >= 15 is 0 Å². The smallest absolute Gasteiger partial charge is 0.243 e. The van der Waals surface area contributed by atoms with Gasteiger partial charge in [0.1, 0.15) is 0 Å². The van der Waals surface area contributed by atoms with Crippen molar-refractivity contribution in [3.63, 3.8) is 0 Å². The molecule has 1 saturated heterocycles. The molecule has 7 heteroatoms. The highest BCUT2D eigenvalue weighted by Crippen LogP contribution is 2.29. The number of nitrogens with two attached hydrogens (primary N) is 1. The van der Waals surface area contributed by atoms with E-state index < -0.39 is 10.0 Å². The molecule has 0 aliphatic carbocycles. The van der Waals surface area contributed by atoms with Crippen molar-refractivity contribution in [2.45, 2.75) is 23.8 Å². The van der Waals surface area contributed by atoms with E-state index in [-0.39, 0.29) is 16.0 Å². The minimum atomic E-state index is -3.53. The first-order valence-electron chi connectivity index (χ1n) is 5.64. The summed E-state index contributed by atoms with van der Waals surface area (Å²) in [7, 11) is -3.53. The Labute approximate surface area is 117 Å². The SMILES string of the molecule is NC[C@H]1CCCN1S(=O)(=O)c1ccc(Cl)c(Cl)c1. The van der Waals surface area contributed by atoms with Crippen LogP contribution in [0.15, 0.2) is 23.1 Å². The first-order valence-corrected chi connectivity index (χ1v) is 7.83. The monoisotopic (exact) mass is 308 g/mol. The molecule has 18 heavy (non-hydrogen) atoms. The standard InChI is InChI=1S/C11H14Cl2N2O2S/c12-10-4-3-9(6-11(10)13)18(16,17)15-5-1-2-8(15)7-14/h3-4,6,8H,1-2,5,7,14H2/t8-/m1/s1. The van der Waals surface area contributed by atoms with E-state index in [0.29, 0.717) is 18.1 Å². The Morgan fingerprint density at radius 1 is 1.33 bits per heavy atom. The Morgan fingerprint density at radius 2 is 2.06 bits per heavy atom. The quantitative estimate of drug-likeness (QED) is 0.930. The van der Waals surface area contributed by atoms with E-state index in [9.17, 15) is 8.42 Å². The maximum atomic E-state index is 12.4. The normalized spacial score (nSPS) is 21.4. The van der Waals surface area contributed by atoms with Gasteiger partial charge in [-0.3, -0.25) is 0 Å². The molecule has 1 aromatic rings. The minimum absolute atomic E-state index is 0.121. The average Bonchev–Trinajstić information content (AvgIpc) is 2.81.